The third kappa shape index (κ3) is 4.47. The summed E-state index contributed by atoms with van der Waals surface area (Å²) in [5, 5.41) is 8.63. The minimum absolute atomic E-state index is 0.285. The average Bonchev–Trinajstić information content (AvgIpc) is 2.29. The molecule has 0 amide bonds. The van der Waals surface area contributed by atoms with Crippen molar-refractivity contribution in [3.63, 3.8) is 0 Å². The summed E-state index contributed by atoms with van der Waals surface area (Å²) in [5.41, 5.74) is 1.34. The van der Waals surface area contributed by atoms with E-state index < -0.39 is 5.97 Å². The van der Waals surface area contributed by atoms with Crippen LogP contribution in [0.1, 0.15) is 50.5 Å². The molecule has 1 rings (SSSR count). The van der Waals surface area contributed by atoms with Gasteiger partial charge in [-0.1, -0.05) is 43.7 Å². The van der Waals surface area contributed by atoms with Crippen LogP contribution in [-0.2, 0) is 4.79 Å². The van der Waals surface area contributed by atoms with Crippen molar-refractivity contribution in [2.45, 2.75) is 44.9 Å². The van der Waals surface area contributed by atoms with Gasteiger partial charge in [0, 0.05) is 6.42 Å². The average molecular weight is 220 g/mol. The normalized spacial score (nSPS) is 12.3. The highest BCUT2D eigenvalue weighted by molar-refractivity contribution is 5.66. The Bertz CT molecular complexity index is 306. The van der Waals surface area contributed by atoms with E-state index in [9.17, 15) is 4.79 Å². The molecule has 1 aromatic rings. The lowest BCUT2D eigenvalue weighted by Gasteiger charge is -2.15. The summed E-state index contributed by atoms with van der Waals surface area (Å²) in [6.07, 6.45) is 4.32. The predicted octanol–water partition coefficient (Wildman–Crippen LogP) is 3.83. The Morgan fingerprint density at radius 2 is 1.94 bits per heavy atom. The molecule has 1 atom stereocenters. The number of benzene rings is 1. The molecule has 0 aliphatic rings. The molecule has 0 unspecified atom stereocenters. The lowest BCUT2D eigenvalue weighted by atomic mass is 9.90. The van der Waals surface area contributed by atoms with E-state index in [1.54, 1.807) is 0 Å². The Labute approximate surface area is 97.3 Å². The third-order valence-corrected chi connectivity index (χ3v) is 2.85. The van der Waals surface area contributed by atoms with Crippen LogP contribution < -0.4 is 0 Å². The second-order valence-electron chi connectivity index (χ2n) is 4.18. The van der Waals surface area contributed by atoms with Crippen LogP contribution in [0.25, 0.3) is 0 Å². The van der Waals surface area contributed by atoms with Crippen LogP contribution in [0.2, 0.25) is 0 Å². The molecule has 0 bridgehead atoms. The first kappa shape index (κ1) is 12.8. The van der Waals surface area contributed by atoms with E-state index in [0.717, 1.165) is 25.7 Å². The maximum Gasteiger partial charge on any atom is 0.303 e. The summed E-state index contributed by atoms with van der Waals surface area (Å²) in [5.74, 6) is -0.172. The zero-order chi connectivity index (χ0) is 11.8. The fourth-order valence-electron chi connectivity index (χ4n) is 2.05. The first-order chi connectivity index (χ1) is 7.74. The molecule has 0 fully saturated rings. The summed E-state index contributed by atoms with van der Waals surface area (Å²) in [7, 11) is 0. The monoisotopic (exact) mass is 220 g/mol. The second kappa shape index (κ2) is 7.04. The third-order valence-electron chi connectivity index (χ3n) is 2.85. The Hall–Kier alpha value is -1.31. The SMILES string of the molecule is CCC[C@H](CCCC(=O)O)c1ccccc1. The van der Waals surface area contributed by atoms with Gasteiger partial charge in [-0.15, -0.1) is 0 Å². The zero-order valence-corrected chi connectivity index (χ0v) is 9.86. The van der Waals surface area contributed by atoms with Gasteiger partial charge in [-0.25, -0.2) is 0 Å². The molecular weight excluding hydrogens is 200 g/mol. The number of carboxylic acids is 1. The van der Waals surface area contributed by atoms with Crippen molar-refractivity contribution in [1.29, 1.82) is 0 Å². The van der Waals surface area contributed by atoms with E-state index in [-0.39, 0.29) is 6.42 Å². The van der Waals surface area contributed by atoms with Crippen LogP contribution in [0.3, 0.4) is 0 Å². The molecule has 1 aromatic carbocycles. The maximum absolute atomic E-state index is 10.5. The summed E-state index contributed by atoms with van der Waals surface area (Å²) in [6, 6.07) is 10.4. The highest BCUT2D eigenvalue weighted by atomic mass is 16.4. The van der Waals surface area contributed by atoms with Gasteiger partial charge in [0.25, 0.3) is 0 Å². The molecule has 0 saturated heterocycles. The summed E-state index contributed by atoms with van der Waals surface area (Å²) < 4.78 is 0. The van der Waals surface area contributed by atoms with Gasteiger partial charge in [-0.3, -0.25) is 4.79 Å². The van der Waals surface area contributed by atoms with Crippen LogP contribution in [0.15, 0.2) is 30.3 Å². The number of aliphatic carboxylic acids is 1. The Balaban J connectivity index is 2.51. The van der Waals surface area contributed by atoms with E-state index >= 15 is 0 Å². The van der Waals surface area contributed by atoms with E-state index in [0.29, 0.717) is 5.92 Å². The van der Waals surface area contributed by atoms with Gasteiger partial charge < -0.3 is 5.11 Å². The van der Waals surface area contributed by atoms with Crippen molar-refractivity contribution >= 4 is 5.97 Å². The molecule has 2 nitrogen and oxygen atoms in total. The van der Waals surface area contributed by atoms with E-state index in [1.807, 2.05) is 6.07 Å². The van der Waals surface area contributed by atoms with Gasteiger partial charge in [-0.05, 0) is 30.7 Å². The molecule has 2 heteroatoms. The number of carboxylic acid groups (broad SMARTS) is 1. The molecule has 0 radical (unpaired) electrons. The van der Waals surface area contributed by atoms with Crippen LogP contribution in [0.5, 0.6) is 0 Å². The van der Waals surface area contributed by atoms with E-state index in [2.05, 4.69) is 31.2 Å². The van der Waals surface area contributed by atoms with Gasteiger partial charge in [0.15, 0.2) is 0 Å². The fraction of sp³-hybridized carbons (Fsp3) is 0.500. The van der Waals surface area contributed by atoms with E-state index in [1.165, 1.54) is 5.56 Å². The van der Waals surface area contributed by atoms with Crippen LogP contribution in [0, 0.1) is 0 Å². The van der Waals surface area contributed by atoms with Gasteiger partial charge in [0.2, 0.25) is 0 Å². The molecule has 0 aliphatic carbocycles. The Morgan fingerprint density at radius 3 is 2.50 bits per heavy atom. The highest BCUT2D eigenvalue weighted by Gasteiger charge is 2.10. The number of hydrogen-bond donors (Lipinski definition) is 1. The molecule has 1 N–H and O–H groups in total. The summed E-state index contributed by atoms with van der Waals surface area (Å²) in [4.78, 5) is 10.5. The number of carbonyl (C=O) groups is 1. The molecule has 16 heavy (non-hydrogen) atoms. The molecule has 0 spiro atoms. The lowest BCUT2D eigenvalue weighted by Crippen LogP contribution is -2.01. The molecule has 0 aromatic heterocycles. The van der Waals surface area contributed by atoms with Gasteiger partial charge in [-0.2, -0.15) is 0 Å². The topological polar surface area (TPSA) is 37.3 Å². The smallest absolute Gasteiger partial charge is 0.303 e. The Kier molecular flexibility index (Phi) is 5.62. The van der Waals surface area contributed by atoms with Gasteiger partial charge in [0.1, 0.15) is 0 Å². The molecule has 88 valence electrons. The molecule has 0 saturated carbocycles. The van der Waals surface area contributed by atoms with Crippen molar-refractivity contribution in [3.05, 3.63) is 35.9 Å². The standard InChI is InChI=1S/C14H20O2/c1-2-7-12(10-6-11-14(15)16)13-8-4-3-5-9-13/h3-5,8-9,12H,2,6-7,10-11H2,1H3,(H,15,16)/t12-/m1/s1. The van der Waals surface area contributed by atoms with Crippen molar-refractivity contribution in [1.82, 2.24) is 0 Å². The largest absolute Gasteiger partial charge is 0.481 e. The van der Waals surface area contributed by atoms with Gasteiger partial charge in [0.05, 0.1) is 0 Å². The Morgan fingerprint density at radius 1 is 1.25 bits per heavy atom. The summed E-state index contributed by atoms with van der Waals surface area (Å²) in [6.45, 7) is 2.17. The second-order valence-corrected chi connectivity index (χ2v) is 4.18. The van der Waals surface area contributed by atoms with Crippen molar-refractivity contribution in [2.75, 3.05) is 0 Å². The van der Waals surface area contributed by atoms with Crippen molar-refractivity contribution < 1.29 is 9.90 Å². The fourth-order valence-corrected chi connectivity index (χ4v) is 2.05. The van der Waals surface area contributed by atoms with Crippen LogP contribution in [0.4, 0.5) is 0 Å². The quantitative estimate of drug-likeness (QED) is 0.758. The lowest BCUT2D eigenvalue weighted by molar-refractivity contribution is -0.137. The first-order valence-electron chi connectivity index (χ1n) is 6.00. The minimum Gasteiger partial charge on any atom is -0.481 e. The maximum atomic E-state index is 10.5. The molecule has 0 aliphatic heterocycles. The van der Waals surface area contributed by atoms with Crippen LogP contribution in [-0.4, -0.2) is 11.1 Å². The van der Waals surface area contributed by atoms with Crippen molar-refractivity contribution in [2.24, 2.45) is 0 Å². The van der Waals surface area contributed by atoms with E-state index in [4.69, 9.17) is 5.11 Å². The zero-order valence-electron chi connectivity index (χ0n) is 9.86. The predicted molar refractivity (Wildman–Crippen MR) is 65.6 cm³/mol. The minimum atomic E-state index is -0.691. The summed E-state index contributed by atoms with van der Waals surface area (Å²) >= 11 is 0. The highest BCUT2D eigenvalue weighted by Crippen LogP contribution is 2.26. The number of hydrogen-bond acceptors (Lipinski definition) is 1. The molecular formula is C14H20O2. The van der Waals surface area contributed by atoms with Crippen LogP contribution >= 0.6 is 0 Å². The first-order valence-corrected chi connectivity index (χ1v) is 6.00. The van der Waals surface area contributed by atoms with Gasteiger partial charge >= 0.3 is 5.97 Å². The van der Waals surface area contributed by atoms with Crippen molar-refractivity contribution in [3.8, 4) is 0 Å². The molecule has 0 heterocycles. The number of rotatable bonds is 7.